The van der Waals surface area contributed by atoms with Crippen molar-refractivity contribution in [3.63, 3.8) is 0 Å². The first-order valence-corrected chi connectivity index (χ1v) is 6.90. The molecule has 0 spiro atoms. The number of hydrogen-bond acceptors (Lipinski definition) is 5. The lowest BCUT2D eigenvalue weighted by molar-refractivity contribution is 0.182. The Morgan fingerprint density at radius 3 is 2.55 bits per heavy atom. The van der Waals surface area contributed by atoms with E-state index in [1.807, 2.05) is 24.3 Å². The Balaban J connectivity index is 2.19. The van der Waals surface area contributed by atoms with E-state index in [1.54, 1.807) is 14.2 Å². The second-order valence-corrected chi connectivity index (χ2v) is 5.34. The van der Waals surface area contributed by atoms with Crippen molar-refractivity contribution in [1.29, 1.82) is 5.41 Å². The van der Waals surface area contributed by atoms with Gasteiger partial charge >= 0.3 is 0 Å². The Morgan fingerprint density at radius 2 is 2.00 bits per heavy atom. The molecule has 1 aromatic heterocycles. The number of aromatic nitrogens is 1. The van der Waals surface area contributed by atoms with Gasteiger partial charge in [-0.15, -0.1) is 11.3 Å². The van der Waals surface area contributed by atoms with Gasteiger partial charge in [0.05, 0.1) is 29.3 Å². The Kier molecular flexibility index (Phi) is 4.70. The van der Waals surface area contributed by atoms with Gasteiger partial charge in [-0.2, -0.15) is 0 Å². The summed E-state index contributed by atoms with van der Waals surface area (Å²) in [5, 5.41) is 8.50. The summed E-state index contributed by atoms with van der Waals surface area (Å²) in [7, 11) is 3.25. The molecule has 2 aromatic rings. The van der Waals surface area contributed by atoms with Gasteiger partial charge < -0.3 is 15.2 Å². The zero-order valence-electron chi connectivity index (χ0n) is 11.5. The lowest BCUT2D eigenvalue weighted by atomic mass is 10.1. The lowest BCUT2D eigenvalue weighted by Gasteiger charge is -2.01. The molecule has 3 N–H and O–H groups in total. The fourth-order valence-corrected chi connectivity index (χ4v) is 2.80. The van der Waals surface area contributed by atoms with Crippen molar-refractivity contribution in [2.45, 2.75) is 13.0 Å². The lowest BCUT2D eigenvalue weighted by Crippen LogP contribution is -2.11. The van der Waals surface area contributed by atoms with Gasteiger partial charge in [0, 0.05) is 13.5 Å². The van der Waals surface area contributed by atoms with E-state index in [9.17, 15) is 0 Å². The summed E-state index contributed by atoms with van der Waals surface area (Å²) in [6.45, 7) is 0.369. The summed E-state index contributed by atoms with van der Waals surface area (Å²) in [5.41, 5.74) is 7.44. The highest BCUT2D eigenvalue weighted by Gasteiger charge is 2.13. The SMILES string of the molecule is COCc1nc(Cc2ccc(OC)cc2)sc1C(=N)N. The van der Waals surface area contributed by atoms with Crippen LogP contribution >= 0.6 is 11.3 Å². The summed E-state index contributed by atoms with van der Waals surface area (Å²) in [6.07, 6.45) is 0.707. The molecular weight excluding hydrogens is 274 g/mol. The molecule has 20 heavy (non-hydrogen) atoms. The van der Waals surface area contributed by atoms with Crippen molar-refractivity contribution >= 4 is 17.2 Å². The molecule has 0 saturated carbocycles. The number of benzene rings is 1. The molecule has 1 aromatic carbocycles. The van der Waals surface area contributed by atoms with Crippen molar-refractivity contribution in [3.05, 3.63) is 45.4 Å². The fraction of sp³-hybridized carbons (Fsp3) is 0.286. The maximum absolute atomic E-state index is 7.58. The molecule has 0 unspecified atom stereocenters. The van der Waals surface area contributed by atoms with Crippen LogP contribution in [0.25, 0.3) is 0 Å². The van der Waals surface area contributed by atoms with Gasteiger partial charge in [0.2, 0.25) is 0 Å². The monoisotopic (exact) mass is 291 g/mol. The van der Waals surface area contributed by atoms with Crippen LogP contribution in [0, 0.1) is 5.41 Å². The number of amidine groups is 1. The van der Waals surface area contributed by atoms with Gasteiger partial charge in [0.15, 0.2) is 0 Å². The molecule has 0 aliphatic carbocycles. The third kappa shape index (κ3) is 3.34. The van der Waals surface area contributed by atoms with E-state index in [4.69, 9.17) is 20.6 Å². The zero-order chi connectivity index (χ0) is 14.5. The molecule has 0 aliphatic rings. The highest BCUT2D eigenvalue weighted by atomic mass is 32.1. The Morgan fingerprint density at radius 1 is 1.30 bits per heavy atom. The molecule has 0 amide bonds. The van der Waals surface area contributed by atoms with Crippen LogP contribution in [0.3, 0.4) is 0 Å². The standard InChI is InChI=1S/C14H17N3O2S/c1-18-8-11-13(14(15)16)20-12(17-11)7-9-3-5-10(19-2)6-4-9/h3-6H,7-8H2,1-2H3,(H3,15,16). The molecule has 5 nitrogen and oxygen atoms in total. The van der Waals surface area contributed by atoms with E-state index in [2.05, 4.69) is 4.98 Å². The molecular formula is C14H17N3O2S. The molecule has 0 bridgehead atoms. The minimum Gasteiger partial charge on any atom is -0.497 e. The molecule has 0 aliphatic heterocycles. The van der Waals surface area contributed by atoms with Crippen molar-refractivity contribution in [3.8, 4) is 5.75 Å². The topological polar surface area (TPSA) is 81.2 Å². The van der Waals surface area contributed by atoms with E-state index in [0.29, 0.717) is 17.9 Å². The molecule has 106 valence electrons. The van der Waals surface area contributed by atoms with Gasteiger partial charge in [-0.1, -0.05) is 12.1 Å². The van der Waals surface area contributed by atoms with Crippen molar-refractivity contribution < 1.29 is 9.47 Å². The zero-order valence-corrected chi connectivity index (χ0v) is 12.3. The van der Waals surface area contributed by atoms with E-state index in [1.165, 1.54) is 11.3 Å². The second-order valence-electron chi connectivity index (χ2n) is 4.25. The average molecular weight is 291 g/mol. The minimum atomic E-state index is 0.0375. The number of nitrogens with zero attached hydrogens (tertiary/aromatic N) is 1. The van der Waals surface area contributed by atoms with E-state index >= 15 is 0 Å². The van der Waals surface area contributed by atoms with E-state index in [-0.39, 0.29) is 5.84 Å². The van der Waals surface area contributed by atoms with Gasteiger partial charge in [0.1, 0.15) is 11.6 Å². The highest BCUT2D eigenvalue weighted by Crippen LogP contribution is 2.22. The largest absolute Gasteiger partial charge is 0.497 e. The van der Waals surface area contributed by atoms with Crippen molar-refractivity contribution in [2.75, 3.05) is 14.2 Å². The summed E-state index contributed by atoms with van der Waals surface area (Å²) in [6, 6.07) is 7.85. The van der Waals surface area contributed by atoms with Gasteiger partial charge in [-0.25, -0.2) is 4.98 Å². The molecule has 0 saturated heterocycles. The number of rotatable bonds is 6. The van der Waals surface area contributed by atoms with E-state index in [0.717, 1.165) is 22.0 Å². The summed E-state index contributed by atoms with van der Waals surface area (Å²) in [5.74, 6) is 0.868. The average Bonchev–Trinajstić information content (AvgIpc) is 2.83. The Labute approximate surface area is 121 Å². The second kappa shape index (κ2) is 6.49. The van der Waals surface area contributed by atoms with Crippen LogP contribution in [-0.2, 0) is 17.8 Å². The molecule has 0 fully saturated rings. The predicted molar refractivity (Wildman–Crippen MR) is 79.6 cm³/mol. The Hall–Kier alpha value is -1.92. The van der Waals surface area contributed by atoms with E-state index < -0.39 is 0 Å². The molecule has 2 rings (SSSR count). The minimum absolute atomic E-state index is 0.0375. The fourth-order valence-electron chi connectivity index (χ4n) is 1.84. The van der Waals surface area contributed by atoms with Crippen LogP contribution in [0.1, 0.15) is 21.1 Å². The molecule has 6 heteroatoms. The summed E-state index contributed by atoms with van der Waals surface area (Å²) < 4.78 is 10.2. The molecule has 0 radical (unpaired) electrons. The highest BCUT2D eigenvalue weighted by molar-refractivity contribution is 7.13. The predicted octanol–water partition coefficient (Wildman–Crippen LogP) is 2.17. The van der Waals surface area contributed by atoms with Crippen molar-refractivity contribution in [2.24, 2.45) is 5.73 Å². The first kappa shape index (κ1) is 14.5. The normalized spacial score (nSPS) is 10.5. The van der Waals surface area contributed by atoms with Crippen LogP contribution in [0.4, 0.5) is 0 Å². The third-order valence-corrected chi connectivity index (χ3v) is 3.91. The smallest absolute Gasteiger partial charge is 0.135 e. The van der Waals surface area contributed by atoms with Gasteiger partial charge in [0.25, 0.3) is 0 Å². The third-order valence-electron chi connectivity index (χ3n) is 2.78. The summed E-state index contributed by atoms with van der Waals surface area (Å²) >= 11 is 1.44. The van der Waals surface area contributed by atoms with Gasteiger partial charge in [-0.3, -0.25) is 5.41 Å². The number of nitrogens with two attached hydrogens (primary N) is 1. The Bertz CT molecular complexity index is 593. The number of methoxy groups -OCH3 is 2. The van der Waals surface area contributed by atoms with Crippen molar-refractivity contribution in [1.82, 2.24) is 4.98 Å². The number of nitrogens with one attached hydrogen (secondary N) is 1. The number of thiazole rings is 1. The van der Waals surface area contributed by atoms with Crippen LogP contribution in [0.15, 0.2) is 24.3 Å². The maximum atomic E-state index is 7.58. The van der Waals surface area contributed by atoms with Crippen LogP contribution in [0.2, 0.25) is 0 Å². The van der Waals surface area contributed by atoms with Crippen LogP contribution < -0.4 is 10.5 Å². The quantitative estimate of drug-likeness (QED) is 0.631. The summed E-state index contributed by atoms with van der Waals surface area (Å²) in [4.78, 5) is 5.19. The van der Waals surface area contributed by atoms with Crippen LogP contribution in [0.5, 0.6) is 5.75 Å². The molecule has 1 heterocycles. The first-order chi connectivity index (χ1) is 9.63. The molecule has 0 atom stereocenters. The van der Waals surface area contributed by atoms with Crippen LogP contribution in [-0.4, -0.2) is 25.0 Å². The number of hydrogen-bond donors (Lipinski definition) is 2. The van der Waals surface area contributed by atoms with Gasteiger partial charge in [-0.05, 0) is 17.7 Å². The number of ether oxygens (including phenoxy) is 2. The number of nitrogen functional groups attached to an aromatic ring is 1. The maximum Gasteiger partial charge on any atom is 0.135 e. The first-order valence-electron chi connectivity index (χ1n) is 6.09.